The van der Waals surface area contributed by atoms with Gasteiger partial charge in [-0.15, -0.1) is 0 Å². The van der Waals surface area contributed by atoms with Gasteiger partial charge in [-0.05, 0) is 72.1 Å². The van der Waals surface area contributed by atoms with Crippen LogP contribution in [-0.2, 0) is 20.8 Å². The highest BCUT2D eigenvalue weighted by Crippen LogP contribution is 2.43. The van der Waals surface area contributed by atoms with Gasteiger partial charge in [0.1, 0.15) is 23.2 Å². The number of benzene rings is 1. The van der Waals surface area contributed by atoms with E-state index in [-0.39, 0.29) is 18.0 Å². The van der Waals surface area contributed by atoms with Crippen LogP contribution < -0.4 is 10.6 Å². The average molecular weight is 626 g/mol. The molecule has 1 aromatic carbocycles. The summed E-state index contributed by atoms with van der Waals surface area (Å²) in [6.45, 7) is 10.9. The number of carbonyl (C=O) groups is 2. The van der Waals surface area contributed by atoms with E-state index >= 15 is 0 Å². The number of imide groups is 1. The number of nitrogens with two attached hydrogens (primary N) is 1. The number of fused-ring (bicyclic) bond motifs is 2. The van der Waals surface area contributed by atoms with Gasteiger partial charge in [-0.25, -0.2) is 24.5 Å². The van der Waals surface area contributed by atoms with Gasteiger partial charge in [0.25, 0.3) is 0 Å². The van der Waals surface area contributed by atoms with E-state index in [1.165, 1.54) is 6.33 Å². The Morgan fingerprint density at radius 3 is 2.24 bits per heavy atom. The number of hydrogen-bond acceptors (Lipinski definition) is 9. The van der Waals surface area contributed by atoms with E-state index in [0.29, 0.717) is 34.5 Å². The fourth-order valence-electron chi connectivity index (χ4n) is 5.52. The second-order valence-electron chi connectivity index (χ2n) is 13.5. The molecule has 0 aliphatic heterocycles. The molecule has 0 unspecified atom stereocenters. The summed E-state index contributed by atoms with van der Waals surface area (Å²) < 4.78 is 21.5. The third-order valence-corrected chi connectivity index (χ3v) is 7.60. The molecule has 2 amide bonds. The van der Waals surface area contributed by atoms with Crippen LogP contribution >= 0.6 is 0 Å². The molecule has 12 heteroatoms. The molecule has 0 radical (unpaired) electrons. The van der Waals surface area contributed by atoms with Crippen molar-refractivity contribution in [2.75, 3.05) is 10.6 Å². The predicted molar refractivity (Wildman–Crippen MR) is 174 cm³/mol. The van der Waals surface area contributed by atoms with Crippen molar-refractivity contribution in [2.24, 2.45) is 0 Å². The molecule has 1 aliphatic carbocycles. The third-order valence-electron chi connectivity index (χ3n) is 7.60. The Morgan fingerprint density at radius 2 is 1.59 bits per heavy atom. The largest absolute Gasteiger partial charge is 0.443 e. The zero-order valence-electron chi connectivity index (χ0n) is 26.9. The molecule has 1 aliphatic rings. The van der Waals surface area contributed by atoms with Gasteiger partial charge in [-0.1, -0.05) is 30.3 Å². The number of pyridine rings is 1. The SMILES string of the molecule is CC(C)(C)OC(=O)N(C(=O)OC(C)(C)C)c1ncnc2c1c(-c1ccc(N)c3nccn13)cn2C1CC(OCc2ccccc2)C1. The molecule has 6 rings (SSSR count). The average Bonchev–Trinajstić information content (AvgIpc) is 3.58. The van der Waals surface area contributed by atoms with Crippen molar-refractivity contribution >= 4 is 40.4 Å². The third kappa shape index (κ3) is 6.25. The Hall–Kier alpha value is -4.97. The van der Waals surface area contributed by atoms with E-state index in [1.807, 2.05) is 53.2 Å². The number of nitrogen functional groups attached to an aromatic ring is 1. The number of carbonyl (C=O) groups excluding carboxylic acids is 2. The highest BCUT2D eigenvalue weighted by molar-refractivity contribution is 6.16. The summed E-state index contributed by atoms with van der Waals surface area (Å²) in [5.74, 6) is 0.0449. The Bertz CT molecular complexity index is 1870. The summed E-state index contributed by atoms with van der Waals surface area (Å²) in [6, 6.07) is 13.8. The Kier molecular flexibility index (Phi) is 7.93. The van der Waals surface area contributed by atoms with Crippen molar-refractivity contribution < 1.29 is 23.8 Å². The summed E-state index contributed by atoms with van der Waals surface area (Å²) in [5.41, 5.74) is 8.63. The molecular formula is C34H39N7O5. The van der Waals surface area contributed by atoms with Gasteiger partial charge in [0.05, 0.1) is 29.5 Å². The van der Waals surface area contributed by atoms with E-state index in [1.54, 1.807) is 53.8 Å². The Morgan fingerprint density at radius 1 is 0.913 bits per heavy atom. The topological polar surface area (TPSA) is 139 Å². The zero-order chi connectivity index (χ0) is 32.8. The van der Waals surface area contributed by atoms with E-state index in [4.69, 9.17) is 19.9 Å². The van der Waals surface area contributed by atoms with Gasteiger partial charge < -0.3 is 24.5 Å². The number of rotatable bonds is 6. The van der Waals surface area contributed by atoms with E-state index in [0.717, 1.165) is 29.0 Å². The molecule has 240 valence electrons. The first-order valence-electron chi connectivity index (χ1n) is 15.3. The van der Waals surface area contributed by atoms with Crippen LogP contribution in [0, 0.1) is 0 Å². The van der Waals surface area contributed by atoms with Crippen molar-refractivity contribution in [2.45, 2.75) is 84.3 Å². The lowest BCUT2D eigenvalue weighted by Crippen LogP contribution is -2.44. The second-order valence-corrected chi connectivity index (χ2v) is 13.5. The first-order valence-corrected chi connectivity index (χ1v) is 15.3. The van der Waals surface area contributed by atoms with Gasteiger partial charge in [0.2, 0.25) is 0 Å². The second kappa shape index (κ2) is 11.8. The number of anilines is 2. The molecule has 0 saturated heterocycles. The van der Waals surface area contributed by atoms with E-state index in [2.05, 4.69) is 19.5 Å². The maximum Gasteiger partial charge on any atom is 0.425 e. The van der Waals surface area contributed by atoms with Crippen molar-refractivity contribution in [1.82, 2.24) is 23.9 Å². The molecule has 12 nitrogen and oxygen atoms in total. The summed E-state index contributed by atoms with van der Waals surface area (Å²) in [4.78, 5) is 41.9. The summed E-state index contributed by atoms with van der Waals surface area (Å²) in [6.07, 6.45) is 6.57. The number of hydrogen-bond donors (Lipinski definition) is 1. The number of amides is 2. The smallest absolute Gasteiger partial charge is 0.425 e. The molecule has 4 heterocycles. The zero-order valence-corrected chi connectivity index (χ0v) is 26.9. The number of nitrogens with zero attached hydrogens (tertiary/aromatic N) is 6. The molecule has 5 aromatic rings. The molecule has 4 aromatic heterocycles. The van der Waals surface area contributed by atoms with Gasteiger partial charge in [-0.3, -0.25) is 4.40 Å². The highest BCUT2D eigenvalue weighted by atomic mass is 16.6. The van der Waals surface area contributed by atoms with Crippen molar-refractivity contribution in [3.8, 4) is 11.3 Å². The van der Waals surface area contributed by atoms with Crippen LogP contribution in [0.25, 0.3) is 27.9 Å². The monoisotopic (exact) mass is 625 g/mol. The minimum absolute atomic E-state index is 0.0449. The van der Waals surface area contributed by atoms with Crippen LogP contribution in [0.5, 0.6) is 0 Å². The van der Waals surface area contributed by atoms with Crippen molar-refractivity contribution in [1.29, 1.82) is 0 Å². The van der Waals surface area contributed by atoms with Gasteiger partial charge in [0.15, 0.2) is 11.5 Å². The fourth-order valence-corrected chi connectivity index (χ4v) is 5.52. The predicted octanol–water partition coefficient (Wildman–Crippen LogP) is 6.93. The Balaban J connectivity index is 1.46. The molecule has 1 saturated carbocycles. The summed E-state index contributed by atoms with van der Waals surface area (Å²) >= 11 is 0. The molecule has 46 heavy (non-hydrogen) atoms. The summed E-state index contributed by atoms with van der Waals surface area (Å²) in [5, 5.41) is 0.479. The van der Waals surface area contributed by atoms with Crippen LogP contribution in [0.2, 0.25) is 0 Å². The highest BCUT2D eigenvalue weighted by Gasteiger charge is 2.38. The molecule has 0 bridgehead atoms. The van der Waals surface area contributed by atoms with Crippen LogP contribution in [-0.4, -0.2) is 53.4 Å². The molecular weight excluding hydrogens is 586 g/mol. The van der Waals surface area contributed by atoms with Crippen molar-refractivity contribution in [3.63, 3.8) is 0 Å². The van der Waals surface area contributed by atoms with Crippen LogP contribution in [0.15, 0.2) is 67.4 Å². The van der Waals surface area contributed by atoms with Crippen LogP contribution in [0.1, 0.15) is 66.0 Å². The first kappa shape index (κ1) is 31.0. The maximum atomic E-state index is 13.7. The number of aromatic nitrogens is 5. The van der Waals surface area contributed by atoms with Gasteiger partial charge in [-0.2, -0.15) is 4.90 Å². The first-order chi connectivity index (χ1) is 21.8. The standard InChI is InChI=1S/C34H39N7O5/c1-33(2,3)45-31(42)41(32(43)46-34(4,5)6)30-27-24(26-13-12-25(35)28-36-14-15-39(26)28)18-40(29(27)37-20-38-30)22-16-23(17-22)44-19-21-10-8-7-9-11-21/h7-15,18,20,22-23H,16-17,19,35H2,1-6H3. The summed E-state index contributed by atoms with van der Waals surface area (Å²) in [7, 11) is 0. The lowest BCUT2D eigenvalue weighted by Gasteiger charge is -2.36. The maximum absolute atomic E-state index is 13.7. The molecule has 1 fully saturated rings. The van der Waals surface area contributed by atoms with Crippen LogP contribution in [0.3, 0.4) is 0 Å². The van der Waals surface area contributed by atoms with E-state index in [9.17, 15) is 9.59 Å². The normalized spacial score (nSPS) is 16.7. The fraction of sp³-hybridized carbons (Fsp3) is 0.382. The quantitative estimate of drug-likeness (QED) is 0.213. The van der Waals surface area contributed by atoms with Crippen molar-refractivity contribution in [3.05, 3.63) is 72.9 Å². The minimum Gasteiger partial charge on any atom is -0.443 e. The van der Waals surface area contributed by atoms with E-state index < -0.39 is 23.4 Å². The lowest BCUT2D eigenvalue weighted by molar-refractivity contribution is -0.0347. The Labute approximate surface area is 267 Å². The molecule has 0 spiro atoms. The van der Waals surface area contributed by atoms with Crippen LogP contribution in [0.4, 0.5) is 21.1 Å². The van der Waals surface area contributed by atoms with Gasteiger partial charge >= 0.3 is 12.2 Å². The number of ether oxygens (including phenoxy) is 3. The lowest BCUT2D eigenvalue weighted by atomic mass is 9.89. The molecule has 0 atom stereocenters. The van der Waals surface area contributed by atoms with Gasteiger partial charge in [0, 0.05) is 30.2 Å². The molecule has 2 N–H and O–H groups in total. The minimum atomic E-state index is -0.913. The number of imidazole rings is 1.